The van der Waals surface area contributed by atoms with E-state index in [-0.39, 0.29) is 0 Å². The monoisotopic (exact) mass is 369 g/mol. The van der Waals surface area contributed by atoms with E-state index in [1.54, 1.807) is 0 Å². The molecule has 0 spiro atoms. The van der Waals surface area contributed by atoms with Crippen LogP contribution < -0.4 is 0 Å². The molecule has 0 bridgehead atoms. The summed E-state index contributed by atoms with van der Waals surface area (Å²) in [5.41, 5.74) is 3.26. The van der Waals surface area contributed by atoms with Crippen molar-refractivity contribution in [1.82, 2.24) is 25.0 Å². The van der Waals surface area contributed by atoms with E-state index in [2.05, 4.69) is 26.9 Å². The number of hydrogen-bond acceptors (Lipinski definition) is 6. The van der Waals surface area contributed by atoms with Crippen LogP contribution in [-0.4, -0.2) is 31.6 Å². The van der Waals surface area contributed by atoms with Gasteiger partial charge in [0, 0.05) is 54.0 Å². The topological polar surface area (TPSA) is 67.9 Å². The van der Waals surface area contributed by atoms with E-state index in [0.717, 1.165) is 43.7 Å². The summed E-state index contributed by atoms with van der Waals surface area (Å²) < 4.78 is 5.42. The molecule has 3 aromatic rings. The number of aromatic nitrogens is 4. The Hall–Kier alpha value is -2.31. The molecule has 4 rings (SSSR count). The Kier molecular flexibility index (Phi) is 4.95. The molecule has 2 aromatic heterocycles. The average molecular weight is 370 g/mol. The van der Waals surface area contributed by atoms with E-state index < -0.39 is 0 Å². The van der Waals surface area contributed by atoms with Crippen LogP contribution >= 0.6 is 11.6 Å². The molecule has 0 saturated carbocycles. The Morgan fingerprint density at radius 1 is 1.19 bits per heavy atom. The summed E-state index contributed by atoms with van der Waals surface area (Å²) in [5, 5.41) is 4.77. The highest BCUT2D eigenvalue weighted by atomic mass is 35.5. The first-order valence-corrected chi connectivity index (χ1v) is 9.23. The zero-order valence-electron chi connectivity index (χ0n) is 14.7. The van der Waals surface area contributed by atoms with E-state index in [1.165, 1.54) is 11.3 Å². The van der Waals surface area contributed by atoms with Crippen LogP contribution in [-0.2, 0) is 25.9 Å². The molecule has 1 aromatic carbocycles. The van der Waals surface area contributed by atoms with E-state index in [0.29, 0.717) is 23.3 Å². The molecule has 0 saturated heterocycles. The standard InChI is InChI=1S/C19H20ClN5O/c1-2-3-17-21-10-14-11-25(9-8-16(14)22-17)12-18-23-19(24-26-18)13-4-6-15(20)7-5-13/h4-7,10H,2-3,8-9,11-12H2,1H3. The second kappa shape index (κ2) is 7.51. The number of rotatable bonds is 5. The molecule has 0 radical (unpaired) electrons. The minimum Gasteiger partial charge on any atom is -0.338 e. The van der Waals surface area contributed by atoms with Gasteiger partial charge in [0.1, 0.15) is 5.82 Å². The number of hydrogen-bond donors (Lipinski definition) is 0. The lowest BCUT2D eigenvalue weighted by molar-refractivity contribution is 0.208. The highest BCUT2D eigenvalue weighted by Crippen LogP contribution is 2.21. The number of nitrogens with zero attached hydrogens (tertiary/aromatic N) is 5. The van der Waals surface area contributed by atoms with Crippen molar-refractivity contribution in [2.45, 2.75) is 39.3 Å². The molecule has 134 valence electrons. The molecule has 0 unspecified atom stereocenters. The van der Waals surface area contributed by atoms with Crippen LogP contribution in [0.4, 0.5) is 0 Å². The van der Waals surface area contributed by atoms with Gasteiger partial charge in [-0.05, 0) is 30.7 Å². The molecule has 6 nitrogen and oxygen atoms in total. The Morgan fingerprint density at radius 2 is 2.04 bits per heavy atom. The SMILES string of the molecule is CCCc1ncc2c(n1)CCN(Cc1nc(-c3ccc(Cl)cc3)no1)C2. The molecule has 26 heavy (non-hydrogen) atoms. The third-order valence-corrected chi connectivity index (χ3v) is 4.72. The maximum Gasteiger partial charge on any atom is 0.241 e. The van der Waals surface area contributed by atoms with Gasteiger partial charge in [-0.15, -0.1) is 0 Å². The second-order valence-electron chi connectivity index (χ2n) is 6.49. The molecule has 1 aliphatic rings. The third kappa shape index (κ3) is 3.76. The fourth-order valence-electron chi connectivity index (χ4n) is 3.12. The van der Waals surface area contributed by atoms with Crippen molar-refractivity contribution in [3.05, 3.63) is 58.5 Å². The smallest absolute Gasteiger partial charge is 0.241 e. The van der Waals surface area contributed by atoms with Crippen LogP contribution in [0.1, 0.15) is 36.3 Å². The largest absolute Gasteiger partial charge is 0.338 e. The number of fused-ring (bicyclic) bond motifs is 1. The van der Waals surface area contributed by atoms with Gasteiger partial charge in [0.25, 0.3) is 0 Å². The van der Waals surface area contributed by atoms with Crippen LogP contribution in [0.2, 0.25) is 5.02 Å². The van der Waals surface area contributed by atoms with Gasteiger partial charge in [0.05, 0.1) is 6.54 Å². The predicted octanol–water partition coefficient (Wildman–Crippen LogP) is 3.69. The number of halogens is 1. The lowest BCUT2D eigenvalue weighted by atomic mass is 10.1. The lowest BCUT2D eigenvalue weighted by Crippen LogP contribution is -2.31. The molecule has 1 aliphatic heterocycles. The fraction of sp³-hybridized carbons (Fsp3) is 0.368. The van der Waals surface area contributed by atoms with Crippen LogP contribution in [0, 0.1) is 0 Å². The molecule has 3 heterocycles. The van der Waals surface area contributed by atoms with Gasteiger partial charge in [0.15, 0.2) is 0 Å². The van der Waals surface area contributed by atoms with Gasteiger partial charge in [-0.25, -0.2) is 9.97 Å². The van der Waals surface area contributed by atoms with Gasteiger partial charge in [-0.1, -0.05) is 23.7 Å². The maximum atomic E-state index is 5.92. The van der Waals surface area contributed by atoms with Gasteiger partial charge in [0.2, 0.25) is 11.7 Å². The van der Waals surface area contributed by atoms with Crippen molar-refractivity contribution < 1.29 is 4.52 Å². The molecule has 0 fully saturated rings. The molecular weight excluding hydrogens is 350 g/mol. The maximum absolute atomic E-state index is 5.92. The van der Waals surface area contributed by atoms with Gasteiger partial charge >= 0.3 is 0 Å². The van der Waals surface area contributed by atoms with E-state index in [9.17, 15) is 0 Å². The van der Waals surface area contributed by atoms with Gasteiger partial charge < -0.3 is 4.52 Å². The van der Waals surface area contributed by atoms with Gasteiger partial charge in [-0.2, -0.15) is 4.98 Å². The molecule has 0 aliphatic carbocycles. The summed E-state index contributed by atoms with van der Waals surface area (Å²) in [6, 6.07) is 7.42. The highest BCUT2D eigenvalue weighted by Gasteiger charge is 2.20. The Balaban J connectivity index is 1.43. The Morgan fingerprint density at radius 3 is 2.85 bits per heavy atom. The second-order valence-corrected chi connectivity index (χ2v) is 6.92. The first-order chi connectivity index (χ1) is 12.7. The van der Waals surface area contributed by atoms with Crippen LogP contribution in [0.3, 0.4) is 0 Å². The van der Waals surface area contributed by atoms with Crippen LogP contribution in [0.25, 0.3) is 11.4 Å². The van der Waals surface area contributed by atoms with E-state index in [4.69, 9.17) is 21.1 Å². The molecule has 0 atom stereocenters. The quantitative estimate of drug-likeness (QED) is 0.683. The summed E-state index contributed by atoms with van der Waals surface area (Å²) in [4.78, 5) is 16.0. The number of benzene rings is 1. The number of aryl methyl sites for hydroxylation is 1. The summed E-state index contributed by atoms with van der Waals surface area (Å²) in [7, 11) is 0. The van der Waals surface area contributed by atoms with Crippen LogP contribution in [0.5, 0.6) is 0 Å². The van der Waals surface area contributed by atoms with Crippen molar-refractivity contribution in [1.29, 1.82) is 0 Å². The highest BCUT2D eigenvalue weighted by molar-refractivity contribution is 6.30. The first kappa shape index (κ1) is 17.1. The summed E-state index contributed by atoms with van der Waals surface area (Å²) >= 11 is 5.92. The predicted molar refractivity (Wildman–Crippen MR) is 98.6 cm³/mol. The molecular formula is C19H20ClN5O. The average Bonchev–Trinajstić information content (AvgIpc) is 3.11. The summed E-state index contributed by atoms with van der Waals surface area (Å²) in [6.45, 7) is 4.50. The zero-order valence-corrected chi connectivity index (χ0v) is 15.4. The molecule has 7 heteroatoms. The summed E-state index contributed by atoms with van der Waals surface area (Å²) in [5.74, 6) is 2.15. The minimum absolute atomic E-state index is 0.585. The van der Waals surface area contributed by atoms with Crippen molar-refractivity contribution in [3.63, 3.8) is 0 Å². The van der Waals surface area contributed by atoms with E-state index in [1.807, 2.05) is 30.5 Å². The van der Waals surface area contributed by atoms with Crippen molar-refractivity contribution in [2.24, 2.45) is 0 Å². The van der Waals surface area contributed by atoms with E-state index >= 15 is 0 Å². The lowest BCUT2D eigenvalue weighted by Gasteiger charge is -2.26. The third-order valence-electron chi connectivity index (χ3n) is 4.47. The molecule has 0 N–H and O–H groups in total. The summed E-state index contributed by atoms with van der Waals surface area (Å²) in [6.07, 6.45) is 4.89. The zero-order chi connectivity index (χ0) is 17.9. The fourth-order valence-corrected chi connectivity index (χ4v) is 3.25. The van der Waals surface area contributed by atoms with Crippen molar-refractivity contribution in [2.75, 3.05) is 6.54 Å². The van der Waals surface area contributed by atoms with Crippen molar-refractivity contribution >= 4 is 11.6 Å². The van der Waals surface area contributed by atoms with Gasteiger partial charge in [-0.3, -0.25) is 4.90 Å². The first-order valence-electron chi connectivity index (χ1n) is 8.86. The minimum atomic E-state index is 0.585. The van der Waals surface area contributed by atoms with Crippen LogP contribution in [0.15, 0.2) is 35.0 Å². The Labute approximate surface area is 157 Å². The Bertz CT molecular complexity index is 893. The molecule has 0 amide bonds. The normalized spacial score (nSPS) is 14.4. The van der Waals surface area contributed by atoms with Crippen molar-refractivity contribution in [3.8, 4) is 11.4 Å².